The van der Waals surface area contributed by atoms with Crippen molar-refractivity contribution in [2.45, 2.75) is 39.2 Å². The van der Waals surface area contributed by atoms with E-state index < -0.39 is 29.4 Å². The molecule has 0 radical (unpaired) electrons. The van der Waals surface area contributed by atoms with Crippen molar-refractivity contribution in [2.75, 3.05) is 13.2 Å². The Kier molecular flexibility index (Phi) is 6.63. The molecule has 0 saturated carbocycles. The number of aliphatic carboxylic acids is 1. The van der Waals surface area contributed by atoms with Crippen LogP contribution in [0.5, 0.6) is 0 Å². The van der Waals surface area contributed by atoms with E-state index >= 15 is 0 Å². The molecule has 0 aliphatic heterocycles. The number of carboxylic acids is 1. The number of carboxylic acid groups (broad SMARTS) is 1. The second-order valence-corrected chi connectivity index (χ2v) is 8.71. The predicted molar refractivity (Wildman–Crippen MR) is 117 cm³/mol. The summed E-state index contributed by atoms with van der Waals surface area (Å²) < 4.78 is 5.42. The van der Waals surface area contributed by atoms with Gasteiger partial charge >= 0.3 is 12.1 Å². The maximum atomic E-state index is 12.1. The number of rotatable bonds is 7. The van der Waals surface area contributed by atoms with Crippen LogP contribution in [0.15, 0.2) is 48.5 Å². The van der Waals surface area contributed by atoms with Crippen LogP contribution < -0.4 is 10.6 Å². The highest BCUT2D eigenvalue weighted by molar-refractivity contribution is 5.84. The summed E-state index contributed by atoms with van der Waals surface area (Å²) in [7, 11) is 0. The van der Waals surface area contributed by atoms with Crippen molar-refractivity contribution in [1.29, 1.82) is 0 Å². The molecular formula is C24H28N2O5. The average Bonchev–Trinajstić information content (AvgIpc) is 3.03. The van der Waals surface area contributed by atoms with Gasteiger partial charge in [-0.15, -0.1) is 0 Å². The molecule has 0 bridgehead atoms. The van der Waals surface area contributed by atoms with E-state index in [1.807, 2.05) is 36.4 Å². The van der Waals surface area contributed by atoms with Crippen LogP contribution in [-0.4, -0.2) is 42.3 Å². The van der Waals surface area contributed by atoms with E-state index in [0.717, 1.165) is 22.3 Å². The van der Waals surface area contributed by atoms with E-state index in [9.17, 15) is 19.5 Å². The molecule has 31 heavy (non-hydrogen) atoms. The maximum absolute atomic E-state index is 12.1. The molecular weight excluding hydrogens is 396 g/mol. The molecule has 1 aliphatic rings. The van der Waals surface area contributed by atoms with Crippen LogP contribution in [0, 0.1) is 5.41 Å². The summed E-state index contributed by atoms with van der Waals surface area (Å²) in [5.41, 5.74) is 3.92. The summed E-state index contributed by atoms with van der Waals surface area (Å²) in [5.74, 6) is -1.57. The van der Waals surface area contributed by atoms with Gasteiger partial charge in [0.15, 0.2) is 0 Å². The van der Waals surface area contributed by atoms with Crippen molar-refractivity contribution in [2.24, 2.45) is 5.41 Å². The topological polar surface area (TPSA) is 105 Å². The molecule has 0 fully saturated rings. The fraction of sp³-hybridized carbons (Fsp3) is 0.375. The van der Waals surface area contributed by atoms with E-state index in [0.29, 0.717) is 0 Å². The fourth-order valence-electron chi connectivity index (χ4n) is 3.81. The Balaban J connectivity index is 1.49. The lowest BCUT2D eigenvalue weighted by Gasteiger charge is -2.27. The fourth-order valence-corrected chi connectivity index (χ4v) is 3.81. The first-order chi connectivity index (χ1) is 14.7. The summed E-state index contributed by atoms with van der Waals surface area (Å²) >= 11 is 0. The van der Waals surface area contributed by atoms with Crippen LogP contribution in [0.1, 0.15) is 44.2 Å². The minimum Gasteiger partial charge on any atom is -0.480 e. The Morgan fingerprint density at radius 1 is 1.00 bits per heavy atom. The van der Waals surface area contributed by atoms with Crippen LogP contribution in [0.2, 0.25) is 0 Å². The van der Waals surface area contributed by atoms with E-state index in [1.165, 1.54) is 0 Å². The highest BCUT2D eigenvalue weighted by atomic mass is 16.5. The van der Waals surface area contributed by atoms with Crippen molar-refractivity contribution in [3.05, 3.63) is 59.7 Å². The quantitative estimate of drug-likeness (QED) is 0.631. The molecule has 2 aromatic rings. The van der Waals surface area contributed by atoms with Gasteiger partial charge in [-0.3, -0.25) is 4.79 Å². The van der Waals surface area contributed by atoms with Crippen LogP contribution in [0.25, 0.3) is 11.1 Å². The molecule has 164 valence electrons. The Labute approximate surface area is 181 Å². The van der Waals surface area contributed by atoms with Gasteiger partial charge in [0.25, 0.3) is 0 Å². The van der Waals surface area contributed by atoms with Crippen LogP contribution in [-0.2, 0) is 14.3 Å². The number of ether oxygens (including phenoxy) is 1. The number of benzene rings is 2. The Morgan fingerprint density at radius 2 is 1.55 bits per heavy atom. The third-order valence-corrected chi connectivity index (χ3v) is 5.38. The van der Waals surface area contributed by atoms with Crippen molar-refractivity contribution >= 4 is 18.0 Å². The van der Waals surface area contributed by atoms with Gasteiger partial charge in [-0.25, -0.2) is 9.59 Å². The van der Waals surface area contributed by atoms with Gasteiger partial charge in [0.2, 0.25) is 5.91 Å². The third-order valence-electron chi connectivity index (χ3n) is 5.38. The monoisotopic (exact) mass is 424 g/mol. The molecule has 3 N–H and O–H groups in total. The van der Waals surface area contributed by atoms with Crippen LogP contribution in [0.3, 0.4) is 0 Å². The van der Waals surface area contributed by atoms with Crippen LogP contribution >= 0.6 is 0 Å². The van der Waals surface area contributed by atoms with Gasteiger partial charge in [-0.1, -0.05) is 69.3 Å². The molecule has 2 aromatic carbocycles. The van der Waals surface area contributed by atoms with Gasteiger partial charge in [0, 0.05) is 18.9 Å². The zero-order valence-corrected chi connectivity index (χ0v) is 18.0. The first-order valence-corrected chi connectivity index (χ1v) is 10.3. The molecule has 0 saturated heterocycles. The molecule has 1 atom stereocenters. The predicted octanol–water partition coefficient (Wildman–Crippen LogP) is 3.53. The molecule has 0 aromatic heterocycles. The SMILES string of the molecule is CC(C)(C)C(NC(=O)CCNC(=O)OCC1c2ccccc2-c2ccccc21)C(=O)O. The van der Waals surface area contributed by atoms with E-state index in [2.05, 4.69) is 22.8 Å². The standard InChI is InChI=1S/C24H28N2O5/c1-24(2,3)21(22(28)29)26-20(27)12-13-25-23(30)31-14-19-17-10-6-4-8-15(17)16-9-5-7-11-18(16)19/h4-11,19,21H,12-14H2,1-3H3,(H,25,30)(H,26,27)(H,28,29). The first kappa shape index (κ1) is 22.3. The summed E-state index contributed by atoms with van der Waals surface area (Å²) in [6.07, 6.45) is -0.649. The van der Waals surface area contributed by atoms with Gasteiger partial charge < -0.3 is 20.5 Å². The highest BCUT2D eigenvalue weighted by Gasteiger charge is 2.32. The number of nitrogens with one attached hydrogen (secondary N) is 2. The van der Waals surface area contributed by atoms with Crippen molar-refractivity contribution in [3.63, 3.8) is 0 Å². The molecule has 7 heteroatoms. The highest BCUT2D eigenvalue weighted by Crippen LogP contribution is 2.44. The molecule has 0 heterocycles. The normalized spacial score (nSPS) is 13.6. The lowest BCUT2D eigenvalue weighted by Crippen LogP contribution is -2.49. The number of fused-ring (bicyclic) bond motifs is 3. The summed E-state index contributed by atoms with van der Waals surface area (Å²) in [6, 6.07) is 15.1. The summed E-state index contributed by atoms with van der Waals surface area (Å²) in [4.78, 5) is 35.5. The van der Waals surface area contributed by atoms with Gasteiger partial charge in [0.05, 0.1) is 0 Å². The Bertz CT molecular complexity index is 934. The Morgan fingerprint density at radius 3 is 2.06 bits per heavy atom. The second-order valence-electron chi connectivity index (χ2n) is 8.71. The summed E-state index contributed by atoms with van der Waals surface area (Å²) in [5, 5.41) is 14.3. The number of hydrogen-bond donors (Lipinski definition) is 3. The van der Waals surface area contributed by atoms with E-state index in [-0.39, 0.29) is 25.5 Å². The van der Waals surface area contributed by atoms with Crippen LogP contribution in [0.4, 0.5) is 4.79 Å². The maximum Gasteiger partial charge on any atom is 0.407 e. The summed E-state index contributed by atoms with van der Waals surface area (Å²) in [6.45, 7) is 5.46. The second kappa shape index (κ2) is 9.20. The lowest BCUT2D eigenvalue weighted by atomic mass is 9.86. The molecule has 1 aliphatic carbocycles. The molecule has 3 rings (SSSR count). The number of carbonyl (C=O) groups is 3. The molecule has 7 nitrogen and oxygen atoms in total. The molecule has 1 unspecified atom stereocenters. The molecule has 0 spiro atoms. The lowest BCUT2D eigenvalue weighted by molar-refractivity contribution is -0.144. The van der Waals surface area contributed by atoms with Crippen molar-refractivity contribution in [3.8, 4) is 11.1 Å². The number of carbonyl (C=O) groups excluding carboxylic acids is 2. The van der Waals surface area contributed by atoms with E-state index in [4.69, 9.17) is 4.74 Å². The van der Waals surface area contributed by atoms with Crippen molar-refractivity contribution < 1.29 is 24.2 Å². The smallest absolute Gasteiger partial charge is 0.407 e. The molecule has 2 amide bonds. The van der Waals surface area contributed by atoms with E-state index in [1.54, 1.807) is 20.8 Å². The zero-order chi connectivity index (χ0) is 22.6. The average molecular weight is 424 g/mol. The van der Waals surface area contributed by atoms with Crippen molar-refractivity contribution in [1.82, 2.24) is 10.6 Å². The van der Waals surface area contributed by atoms with Gasteiger partial charge in [-0.2, -0.15) is 0 Å². The van der Waals surface area contributed by atoms with Gasteiger partial charge in [-0.05, 0) is 27.7 Å². The minimum absolute atomic E-state index is 0.0374. The largest absolute Gasteiger partial charge is 0.480 e. The number of amides is 2. The zero-order valence-electron chi connectivity index (χ0n) is 18.0. The number of alkyl carbamates (subject to hydrolysis) is 1. The third kappa shape index (κ3) is 5.23. The number of hydrogen-bond acceptors (Lipinski definition) is 4. The van der Waals surface area contributed by atoms with Gasteiger partial charge in [0.1, 0.15) is 12.6 Å². The minimum atomic E-state index is -1.09. The first-order valence-electron chi connectivity index (χ1n) is 10.3. The Hall–Kier alpha value is -3.35.